The lowest BCUT2D eigenvalue weighted by atomic mass is 9.91. The number of amides is 1. The summed E-state index contributed by atoms with van der Waals surface area (Å²) in [6.07, 6.45) is 0. The third-order valence-electron chi connectivity index (χ3n) is 6.69. The number of carbonyl (C=O) groups excluding carboxylic acids is 2. The van der Waals surface area contributed by atoms with Crippen LogP contribution in [0.5, 0.6) is 11.5 Å². The number of para-hydroxylation sites is 2. The van der Waals surface area contributed by atoms with E-state index >= 15 is 0 Å². The Hall–Kier alpha value is -4.59. The van der Waals surface area contributed by atoms with E-state index in [0.717, 1.165) is 5.56 Å². The molecule has 3 aromatic carbocycles. The summed E-state index contributed by atoms with van der Waals surface area (Å²) in [5.74, 6) is -1.07. The quantitative estimate of drug-likeness (QED) is 0.195. The van der Waals surface area contributed by atoms with Gasteiger partial charge in [0.15, 0.2) is 0 Å². The summed E-state index contributed by atoms with van der Waals surface area (Å²) in [4.78, 5) is 35.8. The molecular formula is C29H27N3O5. The van der Waals surface area contributed by atoms with Crippen molar-refractivity contribution in [2.75, 3.05) is 12.0 Å². The van der Waals surface area contributed by atoms with Crippen LogP contribution >= 0.6 is 0 Å². The molecule has 4 aromatic rings. The number of aliphatic hydroxyl groups excluding tert-OH is 1. The molecule has 0 bridgehead atoms. The lowest BCUT2D eigenvalue weighted by Crippen LogP contribution is -2.30. The van der Waals surface area contributed by atoms with Crippen molar-refractivity contribution in [2.24, 2.45) is 0 Å². The van der Waals surface area contributed by atoms with Crippen molar-refractivity contribution < 1.29 is 24.5 Å². The first-order chi connectivity index (χ1) is 17.7. The van der Waals surface area contributed by atoms with Gasteiger partial charge >= 0.3 is 5.91 Å². The van der Waals surface area contributed by atoms with Gasteiger partial charge in [0.2, 0.25) is 5.95 Å². The van der Waals surface area contributed by atoms with Crippen LogP contribution in [-0.4, -0.2) is 39.0 Å². The number of methoxy groups -OCH3 is 1. The van der Waals surface area contributed by atoms with Gasteiger partial charge in [0.1, 0.15) is 17.3 Å². The number of aliphatic hydroxyl groups is 1. The van der Waals surface area contributed by atoms with Crippen LogP contribution < -0.4 is 9.64 Å². The van der Waals surface area contributed by atoms with E-state index < -0.39 is 17.7 Å². The van der Waals surface area contributed by atoms with Crippen LogP contribution in [-0.2, 0) is 9.59 Å². The van der Waals surface area contributed by atoms with Gasteiger partial charge in [0, 0.05) is 5.56 Å². The number of aryl methyl sites for hydroxylation is 1. The fraction of sp³-hybridized carbons (Fsp3) is 0.207. The summed E-state index contributed by atoms with van der Waals surface area (Å²) in [7, 11) is 1.58. The van der Waals surface area contributed by atoms with Crippen LogP contribution in [0.1, 0.15) is 48.1 Å². The molecule has 3 N–H and O–H groups in total. The molecule has 1 aliphatic heterocycles. The first-order valence-corrected chi connectivity index (χ1v) is 11.9. The molecule has 0 spiro atoms. The van der Waals surface area contributed by atoms with E-state index in [0.29, 0.717) is 33.5 Å². The number of phenols is 1. The Morgan fingerprint density at radius 1 is 1.08 bits per heavy atom. The number of ether oxygens (including phenoxy) is 1. The molecule has 1 fully saturated rings. The molecule has 1 amide bonds. The molecule has 2 heterocycles. The average molecular weight is 498 g/mol. The van der Waals surface area contributed by atoms with Gasteiger partial charge in [0.25, 0.3) is 5.78 Å². The van der Waals surface area contributed by atoms with Crippen molar-refractivity contribution >= 4 is 34.4 Å². The van der Waals surface area contributed by atoms with Gasteiger partial charge in [-0.15, -0.1) is 0 Å². The van der Waals surface area contributed by atoms with Crippen molar-refractivity contribution in [2.45, 2.75) is 32.7 Å². The molecule has 0 saturated carbocycles. The minimum Gasteiger partial charge on any atom is -0.508 e. The van der Waals surface area contributed by atoms with E-state index in [1.165, 1.54) is 17.0 Å². The monoisotopic (exact) mass is 497 g/mol. The molecule has 1 aromatic heterocycles. The lowest BCUT2D eigenvalue weighted by Gasteiger charge is -2.23. The van der Waals surface area contributed by atoms with Gasteiger partial charge < -0.3 is 19.9 Å². The van der Waals surface area contributed by atoms with E-state index in [-0.39, 0.29) is 28.9 Å². The number of H-pyrrole nitrogens is 1. The summed E-state index contributed by atoms with van der Waals surface area (Å²) in [6, 6.07) is 16.2. The highest BCUT2D eigenvalue weighted by molar-refractivity contribution is 6.51. The standard InChI is InChI=1S/C29H27N3O5/c1-15(2)19-14-20(16(3)12-23(19)37-4)26(34)24-25(17-8-7-9-18(33)13-17)32(28(36)27(24)35)29-30-21-10-5-6-11-22(21)31-29/h5-15,25,33-34H,1-4H3,(H,30,31)/b26-24+. The number of hydrogen-bond acceptors (Lipinski definition) is 6. The molecule has 8 nitrogen and oxygen atoms in total. The number of nitrogens with one attached hydrogen (secondary N) is 1. The fourth-order valence-electron chi connectivity index (χ4n) is 4.84. The van der Waals surface area contributed by atoms with E-state index in [1.54, 1.807) is 38.3 Å². The third kappa shape index (κ3) is 4.00. The van der Waals surface area contributed by atoms with Gasteiger partial charge in [-0.25, -0.2) is 4.98 Å². The van der Waals surface area contributed by atoms with Crippen LogP contribution in [0.15, 0.2) is 66.2 Å². The molecule has 37 heavy (non-hydrogen) atoms. The van der Waals surface area contributed by atoms with Crippen LogP contribution in [0.25, 0.3) is 16.8 Å². The second-order valence-electron chi connectivity index (χ2n) is 9.41. The molecule has 1 atom stereocenters. The minimum atomic E-state index is -1.02. The summed E-state index contributed by atoms with van der Waals surface area (Å²) < 4.78 is 5.53. The van der Waals surface area contributed by atoms with Crippen molar-refractivity contribution in [3.8, 4) is 11.5 Å². The zero-order valence-corrected chi connectivity index (χ0v) is 20.9. The Morgan fingerprint density at radius 2 is 1.84 bits per heavy atom. The average Bonchev–Trinajstić information content (AvgIpc) is 3.41. The summed E-state index contributed by atoms with van der Waals surface area (Å²) in [5, 5.41) is 21.8. The topological polar surface area (TPSA) is 116 Å². The Kier molecular flexibility index (Phi) is 5.95. The maximum absolute atomic E-state index is 13.5. The second kappa shape index (κ2) is 9.13. The SMILES string of the molecule is COc1cc(C)c(/C(O)=C2\C(=O)C(=O)N(c3nc4ccccc4[nH]3)C2c2cccc(O)c2)cc1C(C)C. The maximum Gasteiger partial charge on any atom is 0.302 e. The molecular weight excluding hydrogens is 470 g/mol. The van der Waals surface area contributed by atoms with Crippen molar-refractivity contribution in [1.29, 1.82) is 0 Å². The van der Waals surface area contributed by atoms with E-state index in [1.807, 2.05) is 38.1 Å². The van der Waals surface area contributed by atoms with Crippen molar-refractivity contribution in [3.05, 3.63) is 88.5 Å². The predicted molar refractivity (Wildman–Crippen MR) is 141 cm³/mol. The number of imidazole rings is 1. The fourth-order valence-corrected chi connectivity index (χ4v) is 4.84. The second-order valence-corrected chi connectivity index (χ2v) is 9.41. The molecule has 8 heteroatoms. The first kappa shape index (κ1) is 24.1. The number of nitrogens with zero attached hydrogens (tertiary/aromatic N) is 2. The number of anilines is 1. The molecule has 5 rings (SSSR count). The number of phenolic OH excluding ortho intramolecular Hbond substituents is 1. The highest BCUT2D eigenvalue weighted by Gasteiger charge is 2.48. The summed E-state index contributed by atoms with van der Waals surface area (Å²) in [6.45, 7) is 5.81. The van der Waals surface area contributed by atoms with Crippen LogP contribution in [0.4, 0.5) is 5.95 Å². The number of carbonyl (C=O) groups is 2. The molecule has 0 aliphatic carbocycles. The Morgan fingerprint density at radius 3 is 2.51 bits per heavy atom. The van der Waals surface area contributed by atoms with Gasteiger partial charge in [-0.05, 0) is 65.9 Å². The van der Waals surface area contributed by atoms with Crippen LogP contribution in [0.2, 0.25) is 0 Å². The van der Waals surface area contributed by atoms with Crippen molar-refractivity contribution in [1.82, 2.24) is 9.97 Å². The number of hydrogen-bond donors (Lipinski definition) is 3. The highest BCUT2D eigenvalue weighted by Crippen LogP contribution is 2.43. The van der Waals surface area contributed by atoms with E-state index in [4.69, 9.17) is 4.74 Å². The number of aromatic hydroxyl groups is 1. The summed E-state index contributed by atoms with van der Waals surface area (Å²) >= 11 is 0. The van der Waals surface area contributed by atoms with Crippen LogP contribution in [0.3, 0.4) is 0 Å². The molecule has 1 aliphatic rings. The number of ketones is 1. The van der Waals surface area contributed by atoms with E-state index in [9.17, 15) is 19.8 Å². The molecule has 1 unspecified atom stereocenters. The zero-order chi connectivity index (χ0) is 26.4. The lowest BCUT2D eigenvalue weighted by molar-refractivity contribution is -0.132. The number of aromatic nitrogens is 2. The van der Waals surface area contributed by atoms with Gasteiger partial charge in [-0.2, -0.15) is 0 Å². The predicted octanol–water partition coefficient (Wildman–Crippen LogP) is 5.34. The zero-order valence-electron chi connectivity index (χ0n) is 20.9. The maximum atomic E-state index is 13.5. The van der Waals surface area contributed by atoms with E-state index in [2.05, 4.69) is 9.97 Å². The van der Waals surface area contributed by atoms with Crippen molar-refractivity contribution in [3.63, 3.8) is 0 Å². The number of aromatic amines is 1. The van der Waals surface area contributed by atoms with Gasteiger partial charge in [-0.1, -0.05) is 38.1 Å². The Labute approximate surface area is 213 Å². The molecule has 1 saturated heterocycles. The molecule has 0 radical (unpaired) electrons. The van der Waals surface area contributed by atoms with Gasteiger partial charge in [-0.3, -0.25) is 14.5 Å². The Bertz CT molecular complexity index is 1550. The number of rotatable bonds is 5. The summed E-state index contributed by atoms with van der Waals surface area (Å²) in [5.41, 5.74) is 3.66. The third-order valence-corrected chi connectivity index (χ3v) is 6.69. The highest BCUT2D eigenvalue weighted by atomic mass is 16.5. The van der Waals surface area contributed by atoms with Crippen LogP contribution in [0, 0.1) is 6.92 Å². The largest absolute Gasteiger partial charge is 0.508 e. The molecule has 188 valence electrons. The van der Waals surface area contributed by atoms with Gasteiger partial charge in [0.05, 0.1) is 29.8 Å². The number of Topliss-reactive ketones (excluding diaryl/α,β-unsaturated/α-hetero) is 1. The number of fused-ring (bicyclic) bond motifs is 1. The Balaban J connectivity index is 1.76. The number of benzene rings is 3. The smallest absolute Gasteiger partial charge is 0.302 e. The minimum absolute atomic E-state index is 0.0320. The first-order valence-electron chi connectivity index (χ1n) is 11.9. The normalized spacial score (nSPS) is 17.2.